The van der Waals surface area contributed by atoms with Crippen molar-refractivity contribution in [3.05, 3.63) is 29.8 Å². The Morgan fingerprint density at radius 2 is 1.70 bits per heavy atom. The second-order valence-corrected chi connectivity index (χ2v) is 7.14. The van der Waals surface area contributed by atoms with Crippen LogP contribution >= 0.6 is 0 Å². The standard InChI is InChI=1S/C14H23N3O2S/c1-13-3-5-14(6-4-13)20(18,19)17-11-9-16(10-12-17)8-2-7-15/h3-6H,2,7-12,15H2,1H3. The Bertz CT molecular complexity index is 520. The molecule has 2 N–H and O–H groups in total. The molecule has 1 heterocycles. The fourth-order valence-electron chi connectivity index (χ4n) is 2.37. The van der Waals surface area contributed by atoms with Crippen molar-refractivity contribution < 1.29 is 8.42 Å². The molecule has 5 nitrogen and oxygen atoms in total. The fourth-order valence-corrected chi connectivity index (χ4v) is 3.79. The maximum Gasteiger partial charge on any atom is 0.243 e. The SMILES string of the molecule is Cc1ccc(S(=O)(=O)N2CCN(CCCN)CC2)cc1. The molecule has 0 unspecified atom stereocenters. The summed E-state index contributed by atoms with van der Waals surface area (Å²) in [6.45, 7) is 6.27. The van der Waals surface area contributed by atoms with Crippen LogP contribution < -0.4 is 5.73 Å². The summed E-state index contributed by atoms with van der Waals surface area (Å²) in [6.07, 6.45) is 0.963. The van der Waals surface area contributed by atoms with Gasteiger partial charge in [-0.1, -0.05) is 17.7 Å². The highest BCUT2D eigenvalue weighted by Crippen LogP contribution is 2.18. The van der Waals surface area contributed by atoms with Crippen molar-refractivity contribution in [2.45, 2.75) is 18.2 Å². The summed E-state index contributed by atoms with van der Waals surface area (Å²) in [5.74, 6) is 0. The molecule has 1 fully saturated rings. The minimum atomic E-state index is -3.34. The average molecular weight is 297 g/mol. The Morgan fingerprint density at radius 1 is 1.10 bits per heavy atom. The van der Waals surface area contributed by atoms with E-state index in [9.17, 15) is 8.42 Å². The van der Waals surface area contributed by atoms with Gasteiger partial charge < -0.3 is 10.6 Å². The van der Waals surface area contributed by atoms with E-state index in [4.69, 9.17) is 5.73 Å². The monoisotopic (exact) mass is 297 g/mol. The summed E-state index contributed by atoms with van der Waals surface area (Å²) in [4.78, 5) is 2.66. The molecule has 0 saturated carbocycles. The second-order valence-electron chi connectivity index (χ2n) is 5.20. The van der Waals surface area contributed by atoms with E-state index in [0.29, 0.717) is 24.5 Å². The van der Waals surface area contributed by atoms with Crippen molar-refractivity contribution in [3.8, 4) is 0 Å². The lowest BCUT2D eigenvalue weighted by molar-refractivity contribution is 0.187. The molecule has 0 aliphatic carbocycles. The largest absolute Gasteiger partial charge is 0.330 e. The van der Waals surface area contributed by atoms with Crippen molar-refractivity contribution >= 4 is 10.0 Å². The van der Waals surface area contributed by atoms with Crippen molar-refractivity contribution in [3.63, 3.8) is 0 Å². The number of piperazine rings is 1. The van der Waals surface area contributed by atoms with Crippen molar-refractivity contribution in [1.29, 1.82) is 0 Å². The molecule has 1 aliphatic heterocycles. The number of aryl methyl sites for hydroxylation is 1. The lowest BCUT2D eigenvalue weighted by Crippen LogP contribution is -2.48. The molecule has 1 aliphatic rings. The van der Waals surface area contributed by atoms with Gasteiger partial charge in [0.2, 0.25) is 10.0 Å². The Balaban J connectivity index is 2.00. The average Bonchev–Trinajstić information content (AvgIpc) is 2.46. The highest BCUT2D eigenvalue weighted by atomic mass is 32.2. The molecule has 20 heavy (non-hydrogen) atoms. The van der Waals surface area contributed by atoms with Crippen molar-refractivity contribution in [2.24, 2.45) is 5.73 Å². The van der Waals surface area contributed by atoms with Gasteiger partial charge in [0.15, 0.2) is 0 Å². The molecule has 1 aromatic rings. The number of hydrogen-bond donors (Lipinski definition) is 1. The van der Waals surface area contributed by atoms with E-state index in [2.05, 4.69) is 4.90 Å². The van der Waals surface area contributed by atoms with Crippen molar-refractivity contribution in [2.75, 3.05) is 39.3 Å². The molecule has 0 amide bonds. The van der Waals surface area contributed by atoms with Gasteiger partial charge in [0.05, 0.1) is 4.90 Å². The van der Waals surface area contributed by atoms with Crippen LogP contribution in [-0.4, -0.2) is 56.9 Å². The quantitative estimate of drug-likeness (QED) is 0.866. The van der Waals surface area contributed by atoms with Gasteiger partial charge in [-0.15, -0.1) is 0 Å². The molecule has 6 heteroatoms. The van der Waals surface area contributed by atoms with Gasteiger partial charge in [-0.2, -0.15) is 4.31 Å². The lowest BCUT2D eigenvalue weighted by Gasteiger charge is -2.33. The Morgan fingerprint density at radius 3 is 2.25 bits per heavy atom. The molecule has 1 saturated heterocycles. The number of nitrogens with two attached hydrogens (primary N) is 1. The zero-order chi connectivity index (χ0) is 14.6. The molecule has 0 bridgehead atoms. The van der Waals surface area contributed by atoms with Gasteiger partial charge in [0.1, 0.15) is 0 Å². The van der Waals surface area contributed by atoms with Gasteiger partial charge in [-0.25, -0.2) is 8.42 Å². The van der Waals surface area contributed by atoms with Crippen LogP contribution in [0.3, 0.4) is 0 Å². The summed E-state index contributed by atoms with van der Waals surface area (Å²) in [6, 6.07) is 7.05. The van der Waals surface area contributed by atoms with Crippen LogP contribution in [0, 0.1) is 6.92 Å². The summed E-state index contributed by atoms with van der Waals surface area (Å²) >= 11 is 0. The lowest BCUT2D eigenvalue weighted by atomic mass is 10.2. The number of hydrogen-bond acceptors (Lipinski definition) is 4. The normalized spacial score (nSPS) is 18.3. The summed E-state index contributed by atoms with van der Waals surface area (Å²) in [5, 5.41) is 0. The van der Waals surface area contributed by atoms with Crippen molar-refractivity contribution in [1.82, 2.24) is 9.21 Å². The molecule has 112 valence electrons. The second kappa shape index (κ2) is 6.67. The predicted octanol–water partition coefficient (Wildman–Crippen LogP) is 0.650. The highest BCUT2D eigenvalue weighted by molar-refractivity contribution is 7.89. The summed E-state index contributed by atoms with van der Waals surface area (Å²) < 4.78 is 26.6. The maximum atomic E-state index is 12.5. The van der Waals surface area contributed by atoms with E-state index in [0.717, 1.165) is 31.6 Å². The van der Waals surface area contributed by atoms with Gasteiger partial charge in [-0.05, 0) is 38.6 Å². The van der Waals surface area contributed by atoms with E-state index >= 15 is 0 Å². The zero-order valence-corrected chi connectivity index (χ0v) is 12.8. The molecule has 2 rings (SSSR count). The Hall–Kier alpha value is -0.950. The van der Waals surface area contributed by atoms with Gasteiger partial charge in [0.25, 0.3) is 0 Å². The molecule has 1 aromatic carbocycles. The Kier molecular flexibility index (Phi) is 5.15. The number of rotatable bonds is 5. The minimum Gasteiger partial charge on any atom is -0.330 e. The maximum absolute atomic E-state index is 12.5. The molecule has 0 spiro atoms. The zero-order valence-electron chi connectivity index (χ0n) is 12.0. The third-order valence-corrected chi connectivity index (χ3v) is 5.58. The number of nitrogens with zero attached hydrogens (tertiary/aromatic N) is 2. The van der Waals surface area contributed by atoms with Gasteiger partial charge in [-0.3, -0.25) is 0 Å². The smallest absolute Gasteiger partial charge is 0.243 e. The van der Waals surface area contributed by atoms with E-state index < -0.39 is 10.0 Å². The molecule has 0 aromatic heterocycles. The summed E-state index contributed by atoms with van der Waals surface area (Å²) in [7, 11) is -3.34. The number of benzene rings is 1. The highest BCUT2D eigenvalue weighted by Gasteiger charge is 2.27. The molecule has 0 radical (unpaired) electrons. The van der Waals surface area contributed by atoms with Gasteiger partial charge in [0, 0.05) is 26.2 Å². The van der Waals surface area contributed by atoms with Crippen LogP contribution in [0.25, 0.3) is 0 Å². The van der Waals surface area contributed by atoms with E-state index in [-0.39, 0.29) is 0 Å². The van der Waals surface area contributed by atoms with Crippen LogP contribution in [-0.2, 0) is 10.0 Å². The fraction of sp³-hybridized carbons (Fsp3) is 0.571. The topological polar surface area (TPSA) is 66.6 Å². The molecule has 0 atom stereocenters. The minimum absolute atomic E-state index is 0.388. The first kappa shape index (κ1) is 15.4. The van der Waals surface area contributed by atoms with Crippen LogP contribution in [0.2, 0.25) is 0 Å². The van der Waals surface area contributed by atoms with Crippen LogP contribution in [0.4, 0.5) is 0 Å². The van der Waals surface area contributed by atoms with E-state index in [1.807, 2.05) is 19.1 Å². The summed E-state index contributed by atoms with van der Waals surface area (Å²) in [5.41, 5.74) is 6.56. The third-order valence-electron chi connectivity index (χ3n) is 3.67. The number of sulfonamides is 1. The first-order valence-electron chi connectivity index (χ1n) is 7.03. The first-order valence-corrected chi connectivity index (χ1v) is 8.47. The van der Waals surface area contributed by atoms with Gasteiger partial charge >= 0.3 is 0 Å². The van der Waals surface area contributed by atoms with E-state index in [1.165, 1.54) is 0 Å². The van der Waals surface area contributed by atoms with Crippen LogP contribution in [0.15, 0.2) is 29.2 Å². The molecular formula is C14H23N3O2S. The van der Waals surface area contributed by atoms with Crippen LogP contribution in [0.5, 0.6) is 0 Å². The van der Waals surface area contributed by atoms with Crippen LogP contribution in [0.1, 0.15) is 12.0 Å². The first-order chi connectivity index (χ1) is 9.54. The predicted molar refractivity (Wildman–Crippen MR) is 80.0 cm³/mol. The van der Waals surface area contributed by atoms with E-state index in [1.54, 1.807) is 16.4 Å². The Labute approximate surface area is 121 Å². The molecular weight excluding hydrogens is 274 g/mol. The third kappa shape index (κ3) is 3.58.